The number of allylic oxidation sites excluding steroid dienone is 2. The Bertz CT molecular complexity index is 552. The Morgan fingerprint density at radius 1 is 1.17 bits per heavy atom. The zero-order valence-electron chi connectivity index (χ0n) is 15.8. The van der Waals surface area contributed by atoms with E-state index in [1.807, 2.05) is 12.5 Å². The van der Waals surface area contributed by atoms with Crippen molar-refractivity contribution in [3.05, 3.63) is 11.6 Å². The van der Waals surface area contributed by atoms with E-state index in [4.69, 9.17) is 0 Å². The molecule has 0 aromatic heterocycles. The van der Waals surface area contributed by atoms with E-state index in [-0.39, 0.29) is 0 Å². The normalized spacial score (nSPS) is 47.4. The van der Waals surface area contributed by atoms with Crippen molar-refractivity contribution in [1.29, 1.82) is 0 Å². The van der Waals surface area contributed by atoms with E-state index in [0.717, 1.165) is 17.8 Å². The van der Waals surface area contributed by atoms with Gasteiger partial charge in [-0.3, -0.25) is 4.79 Å². The van der Waals surface area contributed by atoms with Crippen molar-refractivity contribution in [2.24, 2.45) is 28.6 Å². The van der Waals surface area contributed by atoms with Crippen LogP contribution in [0.4, 0.5) is 0 Å². The highest BCUT2D eigenvalue weighted by molar-refractivity contribution is 8.14. The summed E-state index contributed by atoms with van der Waals surface area (Å²) in [5.41, 5.74) is 2.74. The summed E-state index contributed by atoms with van der Waals surface area (Å²) in [4.78, 5) is 12.1. The third-order valence-corrected chi connectivity index (χ3v) is 10.1. The summed E-state index contributed by atoms with van der Waals surface area (Å²) in [6, 6.07) is 0. The molecule has 0 heterocycles. The Morgan fingerprint density at radius 3 is 2.79 bits per heavy atom. The third-order valence-electron chi connectivity index (χ3n) is 8.50. The number of carbonyl (C=O) groups is 1. The van der Waals surface area contributed by atoms with Crippen molar-refractivity contribution in [3.8, 4) is 0 Å². The van der Waals surface area contributed by atoms with E-state index in [1.54, 1.807) is 11.8 Å². The Balaban J connectivity index is 1.58. The van der Waals surface area contributed by atoms with Gasteiger partial charge in [0.15, 0.2) is 5.12 Å². The summed E-state index contributed by atoms with van der Waals surface area (Å²) in [5, 5.41) is 1.00. The molecule has 1 nitrogen and oxygen atoms in total. The van der Waals surface area contributed by atoms with Gasteiger partial charge in [-0.05, 0) is 86.4 Å². The molecule has 1 unspecified atom stereocenters. The van der Waals surface area contributed by atoms with Gasteiger partial charge in [0.25, 0.3) is 0 Å². The summed E-state index contributed by atoms with van der Waals surface area (Å²) in [7, 11) is 0. The van der Waals surface area contributed by atoms with E-state index in [0.29, 0.717) is 27.6 Å². The van der Waals surface area contributed by atoms with Crippen molar-refractivity contribution in [1.82, 2.24) is 0 Å². The fourth-order valence-corrected chi connectivity index (χ4v) is 8.44. The molecular weight excluding hydrogens is 312 g/mol. The summed E-state index contributed by atoms with van der Waals surface area (Å²) in [5.74, 6) is 2.71. The van der Waals surface area contributed by atoms with Gasteiger partial charge in [-0.25, -0.2) is 0 Å². The van der Waals surface area contributed by atoms with Gasteiger partial charge >= 0.3 is 0 Å². The number of hydrogen-bond acceptors (Lipinski definition) is 2. The van der Waals surface area contributed by atoms with Gasteiger partial charge in [0.2, 0.25) is 0 Å². The number of rotatable bonds is 2. The smallest absolute Gasteiger partial charge is 0.188 e. The standard InChI is InChI=1S/C22H34OS/c1-4-20(23)24-19-11-10-17-16-9-8-15-7-5-6-13-21(15,2)18(16)12-14-22(17,19)3/h7,16-19H,4-6,8-14H2,1-3H3/t16-,17-,18+,19?,21-,22-/m0/s1. The number of fused-ring (bicyclic) bond motifs is 5. The molecule has 0 spiro atoms. The van der Waals surface area contributed by atoms with Crippen molar-refractivity contribution in [2.45, 2.75) is 90.2 Å². The first-order chi connectivity index (χ1) is 11.5. The molecule has 0 radical (unpaired) electrons. The molecule has 2 heteroatoms. The highest BCUT2D eigenvalue weighted by Crippen LogP contribution is 2.66. The first-order valence-corrected chi connectivity index (χ1v) is 11.3. The molecule has 4 aliphatic carbocycles. The average molecular weight is 347 g/mol. The molecule has 0 saturated heterocycles. The molecule has 3 fully saturated rings. The SMILES string of the molecule is CCC(=O)SC1CC[C@H]2[C@@H]3CCC4=CCCC[C@]4(C)[C@@H]3CC[C@]12C. The first-order valence-electron chi connectivity index (χ1n) is 10.4. The maximum atomic E-state index is 12.1. The van der Waals surface area contributed by atoms with Crippen LogP contribution in [0, 0.1) is 28.6 Å². The molecule has 0 aliphatic heterocycles. The molecule has 4 rings (SSSR count). The van der Waals surface area contributed by atoms with Gasteiger partial charge in [0, 0.05) is 11.7 Å². The van der Waals surface area contributed by atoms with E-state index in [2.05, 4.69) is 19.9 Å². The highest BCUT2D eigenvalue weighted by atomic mass is 32.2. The lowest BCUT2D eigenvalue weighted by Crippen LogP contribution is -2.50. The van der Waals surface area contributed by atoms with Gasteiger partial charge < -0.3 is 0 Å². The summed E-state index contributed by atoms with van der Waals surface area (Å²) in [6.07, 6.45) is 15.6. The number of thioether (sulfide) groups is 1. The quantitative estimate of drug-likeness (QED) is 0.540. The van der Waals surface area contributed by atoms with Crippen LogP contribution >= 0.6 is 11.8 Å². The topological polar surface area (TPSA) is 17.1 Å². The van der Waals surface area contributed by atoms with E-state index in [9.17, 15) is 4.79 Å². The minimum Gasteiger partial charge on any atom is -0.287 e. The minimum atomic E-state index is 0.414. The molecular formula is C22H34OS. The van der Waals surface area contributed by atoms with Crippen molar-refractivity contribution in [2.75, 3.05) is 0 Å². The predicted molar refractivity (Wildman–Crippen MR) is 103 cm³/mol. The zero-order chi connectivity index (χ0) is 16.9. The molecule has 0 amide bonds. The van der Waals surface area contributed by atoms with Gasteiger partial charge in [-0.1, -0.05) is 44.2 Å². The molecule has 0 bridgehead atoms. The maximum Gasteiger partial charge on any atom is 0.188 e. The van der Waals surface area contributed by atoms with Crippen LogP contribution in [0.25, 0.3) is 0 Å². The average Bonchev–Trinajstić information content (AvgIpc) is 2.91. The Labute approximate surface area is 152 Å². The van der Waals surface area contributed by atoms with Crippen LogP contribution in [0.15, 0.2) is 11.6 Å². The molecule has 24 heavy (non-hydrogen) atoms. The van der Waals surface area contributed by atoms with Gasteiger partial charge in [-0.15, -0.1) is 0 Å². The molecule has 0 aromatic rings. The van der Waals surface area contributed by atoms with Crippen LogP contribution in [0.2, 0.25) is 0 Å². The van der Waals surface area contributed by atoms with E-state index < -0.39 is 0 Å². The lowest BCUT2D eigenvalue weighted by Gasteiger charge is -2.58. The number of hydrogen-bond donors (Lipinski definition) is 0. The highest BCUT2D eigenvalue weighted by Gasteiger charge is 2.58. The van der Waals surface area contributed by atoms with Crippen LogP contribution in [0.1, 0.15) is 85.0 Å². The van der Waals surface area contributed by atoms with E-state index in [1.165, 1.54) is 57.8 Å². The molecule has 0 N–H and O–H groups in total. The Hall–Kier alpha value is -0.240. The summed E-state index contributed by atoms with van der Waals surface area (Å²) in [6.45, 7) is 7.15. The van der Waals surface area contributed by atoms with Crippen molar-refractivity contribution in [3.63, 3.8) is 0 Å². The second kappa shape index (κ2) is 6.18. The van der Waals surface area contributed by atoms with Gasteiger partial charge in [-0.2, -0.15) is 0 Å². The zero-order valence-corrected chi connectivity index (χ0v) is 16.6. The maximum absolute atomic E-state index is 12.1. The van der Waals surface area contributed by atoms with Crippen molar-refractivity contribution >= 4 is 16.9 Å². The lowest BCUT2D eigenvalue weighted by atomic mass is 9.47. The second-order valence-electron chi connectivity index (χ2n) is 9.41. The van der Waals surface area contributed by atoms with Crippen LogP contribution in [0.3, 0.4) is 0 Å². The number of carbonyl (C=O) groups excluding carboxylic acids is 1. The van der Waals surface area contributed by atoms with E-state index >= 15 is 0 Å². The summed E-state index contributed by atoms with van der Waals surface area (Å²) >= 11 is 1.70. The van der Waals surface area contributed by atoms with Crippen LogP contribution in [-0.2, 0) is 4.79 Å². The molecule has 6 atom stereocenters. The fraction of sp³-hybridized carbons (Fsp3) is 0.864. The van der Waals surface area contributed by atoms with Crippen LogP contribution in [0.5, 0.6) is 0 Å². The lowest BCUT2D eigenvalue weighted by molar-refractivity contribution is -0.110. The van der Waals surface area contributed by atoms with Crippen LogP contribution in [-0.4, -0.2) is 10.4 Å². The Kier molecular flexibility index (Phi) is 4.43. The first kappa shape index (κ1) is 17.2. The minimum absolute atomic E-state index is 0.414. The molecule has 4 aliphatic rings. The Morgan fingerprint density at radius 2 is 2.00 bits per heavy atom. The molecule has 0 aromatic carbocycles. The van der Waals surface area contributed by atoms with Gasteiger partial charge in [0.05, 0.1) is 0 Å². The predicted octanol–water partition coefficient (Wildman–Crippen LogP) is 6.38. The van der Waals surface area contributed by atoms with Crippen LogP contribution < -0.4 is 0 Å². The second-order valence-corrected chi connectivity index (χ2v) is 10.7. The fourth-order valence-electron chi connectivity index (χ4n) is 7.14. The molecule has 134 valence electrons. The van der Waals surface area contributed by atoms with Crippen molar-refractivity contribution < 1.29 is 4.79 Å². The summed E-state index contributed by atoms with van der Waals surface area (Å²) < 4.78 is 0. The molecule has 3 saturated carbocycles. The van der Waals surface area contributed by atoms with Gasteiger partial charge in [0.1, 0.15) is 0 Å². The third kappa shape index (κ3) is 2.46. The monoisotopic (exact) mass is 346 g/mol. The largest absolute Gasteiger partial charge is 0.287 e.